The molecule has 0 amide bonds. The number of nitrogen functional groups attached to an aromatic ring is 1. The van der Waals surface area contributed by atoms with Crippen LogP contribution in [0, 0.1) is 0 Å². The number of alkyl halides is 1. The van der Waals surface area contributed by atoms with Crippen molar-refractivity contribution in [3.63, 3.8) is 0 Å². The summed E-state index contributed by atoms with van der Waals surface area (Å²) in [5.41, 5.74) is 2.26. The van der Waals surface area contributed by atoms with Crippen molar-refractivity contribution in [3.05, 3.63) is 11.1 Å². The molecule has 0 aromatic carbocycles. The fourth-order valence-electron chi connectivity index (χ4n) is 0.608. The number of nitrogens with two attached hydrogens (primary N) is 1. The molecule has 1 heterocycles. The number of hydrogen-bond acceptors (Lipinski definition) is 5. The van der Waals surface area contributed by atoms with Gasteiger partial charge >= 0.3 is 0 Å². The van der Waals surface area contributed by atoms with Gasteiger partial charge in [0.05, 0.1) is 5.38 Å². The molecular weight excluding hydrogens is 201 g/mol. The van der Waals surface area contributed by atoms with Crippen LogP contribution in [-0.2, 0) is 0 Å². The molecular formula is C5H7Cl2N5. The molecule has 7 heteroatoms. The maximum Gasteiger partial charge on any atom is 0.241 e. The summed E-state index contributed by atoms with van der Waals surface area (Å²) >= 11 is 11.3. The lowest BCUT2D eigenvalue weighted by Gasteiger charge is -2.03. The van der Waals surface area contributed by atoms with Crippen LogP contribution in [0.25, 0.3) is 0 Å². The van der Waals surface area contributed by atoms with Crippen molar-refractivity contribution in [2.24, 2.45) is 5.84 Å². The highest BCUT2D eigenvalue weighted by Crippen LogP contribution is 2.16. The molecule has 66 valence electrons. The van der Waals surface area contributed by atoms with E-state index in [0.29, 0.717) is 5.82 Å². The second-order valence-corrected chi connectivity index (χ2v) is 3.04. The number of rotatable bonds is 2. The van der Waals surface area contributed by atoms with Crippen molar-refractivity contribution in [2.75, 3.05) is 5.43 Å². The predicted molar refractivity (Wildman–Crippen MR) is 46.9 cm³/mol. The highest BCUT2D eigenvalue weighted by Gasteiger charge is 2.08. The molecule has 0 aliphatic carbocycles. The molecule has 0 radical (unpaired) electrons. The normalized spacial score (nSPS) is 12.7. The van der Waals surface area contributed by atoms with Crippen LogP contribution in [0.2, 0.25) is 5.28 Å². The molecule has 1 rings (SSSR count). The van der Waals surface area contributed by atoms with Crippen molar-refractivity contribution in [1.29, 1.82) is 0 Å². The molecule has 1 aromatic heterocycles. The van der Waals surface area contributed by atoms with E-state index in [1.54, 1.807) is 6.92 Å². The summed E-state index contributed by atoms with van der Waals surface area (Å²) in [7, 11) is 0. The molecule has 1 aromatic rings. The minimum atomic E-state index is -0.322. The monoisotopic (exact) mass is 207 g/mol. The second kappa shape index (κ2) is 3.84. The van der Waals surface area contributed by atoms with E-state index in [-0.39, 0.29) is 16.6 Å². The Hall–Kier alpha value is -0.650. The zero-order valence-corrected chi connectivity index (χ0v) is 7.76. The standard InChI is InChI=1S/C5H7Cl2N5/c1-2(6)3-9-4(7)11-5(10-3)12-8/h2H,8H2,1H3,(H,9,10,11,12). The molecule has 1 atom stereocenters. The second-order valence-electron chi connectivity index (χ2n) is 2.05. The molecule has 0 saturated carbocycles. The highest BCUT2D eigenvalue weighted by molar-refractivity contribution is 6.28. The number of halogens is 2. The van der Waals surface area contributed by atoms with Gasteiger partial charge in [0.15, 0.2) is 5.82 Å². The Labute approximate surface area is 79.3 Å². The number of aromatic nitrogens is 3. The summed E-state index contributed by atoms with van der Waals surface area (Å²) in [6.45, 7) is 1.73. The predicted octanol–water partition coefficient (Wildman–Crippen LogP) is 1.11. The van der Waals surface area contributed by atoms with Crippen LogP contribution in [-0.4, -0.2) is 15.0 Å². The van der Waals surface area contributed by atoms with Crippen LogP contribution >= 0.6 is 23.2 Å². The van der Waals surface area contributed by atoms with Crippen LogP contribution in [0.4, 0.5) is 5.95 Å². The van der Waals surface area contributed by atoms with E-state index in [0.717, 1.165) is 0 Å². The molecule has 0 aliphatic rings. The third-order valence-electron chi connectivity index (χ3n) is 1.11. The number of hydrazine groups is 1. The first kappa shape index (κ1) is 9.44. The Morgan fingerprint density at radius 1 is 1.42 bits per heavy atom. The minimum absolute atomic E-state index is 0.0699. The molecule has 3 N–H and O–H groups in total. The Balaban J connectivity index is 3.06. The van der Waals surface area contributed by atoms with Crippen LogP contribution in [0.15, 0.2) is 0 Å². The van der Waals surface area contributed by atoms with E-state index >= 15 is 0 Å². The lowest BCUT2D eigenvalue weighted by molar-refractivity contribution is 0.875. The Morgan fingerprint density at radius 2 is 2.08 bits per heavy atom. The van der Waals surface area contributed by atoms with Crippen molar-refractivity contribution in [3.8, 4) is 0 Å². The average Bonchev–Trinajstić information content (AvgIpc) is 2.03. The number of anilines is 1. The van der Waals surface area contributed by atoms with Crippen LogP contribution in [0.5, 0.6) is 0 Å². The van der Waals surface area contributed by atoms with Gasteiger partial charge in [0.25, 0.3) is 0 Å². The van der Waals surface area contributed by atoms with Gasteiger partial charge in [-0.25, -0.2) is 10.8 Å². The molecule has 0 fully saturated rings. The molecule has 0 spiro atoms. The summed E-state index contributed by atoms with van der Waals surface area (Å²) in [6.07, 6.45) is 0. The molecule has 1 unspecified atom stereocenters. The number of nitrogens with one attached hydrogen (secondary N) is 1. The number of nitrogens with zero attached hydrogens (tertiary/aromatic N) is 3. The Kier molecular flexibility index (Phi) is 3.02. The van der Waals surface area contributed by atoms with E-state index in [1.807, 2.05) is 0 Å². The first-order valence-electron chi connectivity index (χ1n) is 3.15. The molecule has 0 aliphatic heterocycles. The SMILES string of the molecule is CC(Cl)c1nc(Cl)nc(NN)n1. The fraction of sp³-hybridized carbons (Fsp3) is 0.400. The van der Waals surface area contributed by atoms with Crippen LogP contribution in [0.3, 0.4) is 0 Å². The van der Waals surface area contributed by atoms with Crippen molar-refractivity contribution in [1.82, 2.24) is 15.0 Å². The van der Waals surface area contributed by atoms with Gasteiger partial charge in [-0.15, -0.1) is 11.6 Å². The first-order valence-corrected chi connectivity index (χ1v) is 3.97. The van der Waals surface area contributed by atoms with E-state index in [4.69, 9.17) is 29.0 Å². The summed E-state index contributed by atoms with van der Waals surface area (Å²) in [6, 6.07) is 0. The fourth-order valence-corrected chi connectivity index (χ4v) is 0.872. The number of hydrogen-bond donors (Lipinski definition) is 2. The van der Waals surface area contributed by atoms with Crippen LogP contribution < -0.4 is 11.3 Å². The zero-order chi connectivity index (χ0) is 9.14. The van der Waals surface area contributed by atoms with E-state index in [9.17, 15) is 0 Å². The van der Waals surface area contributed by atoms with E-state index < -0.39 is 0 Å². The zero-order valence-electron chi connectivity index (χ0n) is 6.25. The van der Waals surface area contributed by atoms with E-state index in [2.05, 4.69) is 20.4 Å². The summed E-state index contributed by atoms with van der Waals surface area (Å²) in [4.78, 5) is 11.4. The van der Waals surface area contributed by atoms with Crippen molar-refractivity contribution < 1.29 is 0 Å². The largest absolute Gasteiger partial charge is 0.292 e. The Bertz CT molecular complexity index is 277. The first-order chi connectivity index (χ1) is 5.63. The van der Waals surface area contributed by atoms with Gasteiger partial charge in [0.1, 0.15) is 0 Å². The molecule has 0 saturated heterocycles. The topological polar surface area (TPSA) is 76.7 Å². The maximum atomic E-state index is 5.72. The van der Waals surface area contributed by atoms with Gasteiger partial charge < -0.3 is 0 Å². The maximum absolute atomic E-state index is 5.72. The smallest absolute Gasteiger partial charge is 0.241 e. The third kappa shape index (κ3) is 2.17. The summed E-state index contributed by atoms with van der Waals surface area (Å²) in [5.74, 6) is 5.68. The summed E-state index contributed by atoms with van der Waals surface area (Å²) < 4.78 is 0. The average molecular weight is 208 g/mol. The van der Waals surface area contributed by atoms with Gasteiger partial charge in [-0.1, -0.05) is 0 Å². The van der Waals surface area contributed by atoms with Gasteiger partial charge in [-0.05, 0) is 18.5 Å². The Morgan fingerprint density at radius 3 is 2.58 bits per heavy atom. The third-order valence-corrected chi connectivity index (χ3v) is 1.47. The van der Waals surface area contributed by atoms with Gasteiger partial charge in [-0.2, -0.15) is 9.97 Å². The van der Waals surface area contributed by atoms with Crippen molar-refractivity contribution >= 4 is 29.2 Å². The quantitative estimate of drug-likeness (QED) is 0.432. The van der Waals surface area contributed by atoms with Crippen molar-refractivity contribution in [2.45, 2.75) is 12.3 Å². The molecule has 12 heavy (non-hydrogen) atoms. The summed E-state index contributed by atoms with van der Waals surface area (Å²) in [5, 5.41) is -0.252. The lowest BCUT2D eigenvalue weighted by Crippen LogP contribution is -2.12. The molecule has 0 bridgehead atoms. The highest BCUT2D eigenvalue weighted by atomic mass is 35.5. The van der Waals surface area contributed by atoms with E-state index in [1.165, 1.54) is 0 Å². The lowest BCUT2D eigenvalue weighted by atomic mass is 10.4. The van der Waals surface area contributed by atoms with Crippen LogP contribution in [0.1, 0.15) is 18.1 Å². The molecule has 5 nitrogen and oxygen atoms in total. The van der Waals surface area contributed by atoms with Gasteiger partial charge in [0.2, 0.25) is 11.2 Å². The minimum Gasteiger partial charge on any atom is -0.292 e. The van der Waals surface area contributed by atoms with Gasteiger partial charge in [-0.3, -0.25) is 5.43 Å². The van der Waals surface area contributed by atoms with Gasteiger partial charge in [0, 0.05) is 0 Å².